The summed E-state index contributed by atoms with van der Waals surface area (Å²) in [5, 5.41) is 21.0. The maximum atomic E-state index is 12.3. The molecule has 8 nitrogen and oxygen atoms in total. The van der Waals surface area contributed by atoms with Gasteiger partial charge in [0.15, 0.2) is 11.5 Å². The van der Waals surface area contributed by atoms with Gasteiger partial charge >= 0.3 is 5.97 Å². The van der Waals surface area contributed by atoms with E-state index in [-0.39, 0.29) is 18.0 Å². The fourth-order valence-electron chi connectivity index (χ4n) is 3.33. The van der Waals surface area contributed by atoms with E-state index < -0.39 is 11.2 Å². The standard InChI is InChI=1S/C18H15NO7/c1-23-13-5-3-4-9-10(13)6-12(19(21)22)15-11(18(20)24-2)7-14-17(16(9)15)26-8-25-14/h3-7,21-22H,8H2,1-2H3/p+1. The molecular weight excluding hydrogens is 342 g/mol. The van der Waals surface area contributed by atoms with Crippen LogP contribution in [0.2, 0.25) is 0 Å². The van der Waals surface area contributed by atoms with E-state index in [2.05, 4.69) is 0 Å². The van der Waals surface area contributed by atoms with Crippen LogP contribution in [0.3, 0.4) is 0 Å². The summed E-state index contributed by atoms with van der Waals surface area (Å²) in [6.45, 7) is -0.000426. The van der Waals surface area contributed by atoms with Gasteiger partial charge in [0, 0.05) is 16.8 Å². The van der Waals surface area contributed by atoms with Gasteiger partial charge in [-0.1, -0.05) is 12.1 Å². The Morgan fingerprint density at radius 3 is 2.62 bits per heavy atom. The molecule has 0 aromatic heterocycles. The lowest BCUT2D eigenvalue weighted by Gasteiger charge is -2.15. The first-order valence-electron chi connectivity index (χ1n) is 7.76. The molecule has 0 aliphatic carbocycles. The number of ether oxygens (including phenoxy) is 4. The monoisotopic (exact) mass is 358 g/mol. The third-order valence-corrected chi connectivity index (χ3v) is 4.42. The van der Waals surface area contributed by atoms with Gasteiger partial charge in [0.2, 0.25) is 12.5 Å². The predicted molar refractivity (Wildman–Crippen MR) is 89.7 cm³/mol. The van der Waals surface area contributed by atoms with Gasteiger partial charge in [-0.3, -0.25) is 0 Å². The molecule has 0 amide bonds. The Bertz CT molecular complexity index is 1050. The van der Waals surface area contributed by atoms with Gasteiger partial charge in [-0.2, -0.15) is 10.4 Å². The summed E-state index contributed by atoms with van der Waals surface area (Å²) < 4.78 is 21.3. The van der Waals surface area contributed by atoms with Crippen LogP contribution in [0.4, 0.5) is 5.69 Å². The highest BCUT2D eigenvalue weighted by molar-refractivity contribution is 6.22. The second kappa shape index (κ2) is 6.03. The van der Waals surface area contributed by atoms with Crippen molar-refractivity contribution in [2.24, 2.45) is 0 Å². The fraction of sp³-hybridized carbons (Fsp3) is 0.167. The third-order valence-electron chi connectivity index (χ3n) is 4.42. The smallest absolute Gasteiger partial charge is 0.338 e. The molecule has 3 aromatic rings. The number of esters is 1. The number of carbonyl (C=O) groups excluding carboxylic acids is 1. The SMILES string of the molecule is COC(=O)c1cc2c(c3c1c([NH+](O)O)cc1c(OC)cccc13)OCO2. The number of fused-ring (bicyclic) bond motifs is 5. The number of methoxy groups -OCH3 is 2. The molecule has 3 aromatic carbocycles. The molecule has 26 heavy (non-hydrogen) atoms. The van der Waals surface area contributed by atoms with E-state index in [1.165, 1.54) is 20.3 Å². The molecule has 0 radical (unpaired) electrons. The van der Waals surface area contributed by atoms with Crippen LogP contribution >= 0.6 is 0 Å². The molecule has 0 unspecified atom stereocenters. The van der Waals surface area contributed by atoms with Crippen molar-refractivity contribution in [3.63, 3.8) is 0 Å². The molecule has 1 aliphatic rings. The van der Waals surface area contributed by atoms with Crippen LogP contribution in [0.1, 0.15) is 10.4 Å². The lowest BCUT2D eigenvalue weighted by atomic mass is 9.95. The molecule has 134 valence electrons. The largest absolute Gasteiger partial charge is 0.496 e. The molecule has 1 aliphatic heterocycles. The Morgan fingerprint density at radius 1 is 1.12 bits per heavy atom. The van der Waals surface area contributed by atoms with Gasteiger partial charge in [0.05, 0.1) is 25.2 Å². The Hall–Kier alpha value is -3.07. The number of nitrogens with one attached hydrogen (secondary N) is 1. The lowest BCUT2D eigenvalue weighted by Crippen LogP contribution is -3.02. The minimum atomic E-state index is -0.924. The van der Waals surface area contributed by atoms with Crippen molar-refractivity contribution in [1.29, 1.82) is 0 Å². The Morgan fingerprint density at radius 2 is 1.92 bits per heavy atom. The summed E-state index contributed by atoms with van der Waals surface area (Å²) in [6, 6.07) is 8.43. The molecule has 8 heteroatoms. The minimum absolute atomic E-state index is 0.000426. The van der Waals surface area contributed by atoms with Gasteiger partial charge in [0.1, 0.15) is 5.75 Å². The van der Waals surface area contributed by atoms with E-state index in [9.17, 15) is 15.2 Å². The average molecular weight is 358 g/mol. The van der Waals surface area contributed by atoms with Crippen LogP contribution in [0.25, 0.3) is 21.5 Å². The highest BCUT2D eigenvalue weighted by atomic mass is 16.8. The molecule has 1 heterocycles. The fourth-order valence-corrected chi connectivity index (χ4v) is 3.33. The van der Waals surface area contributed by atoms with Crippen LogP contribution in [-0.2, 0) is 4.74 Å². The van der Waals surface area contributed by atoms with Gasteiger partial charge in [-0.15, -0.1) is 0 Å². The Kier molecular flexibility index (Phi) is 3.80. The van der Waals surface area contributed by atoms with E-state index in [0.717, 1.165) is 5.39 Å². The van der Waals surface area contributed by atoms with Crippen molar-refractivity contribution in [1.82, 2.24) is 0 Å². The number of hydrogen-bond acceptors (Lipinski definition) is 7. The average Bonchev–Trinajstić information content (AvgIpc) is 3.13. The van der Waals surface area contributed by atoms with Gasteiger partial charge in [-0.05, 0) is 22.7 Å². The van der Waals surface area contributed by atoms with Crippen molar-refractivity contribution in [3.8, 4) is 17.2 Å². The van der Waals surface area contributed by atoms with Crippen LogP contribution in [0, 0.1) is 0 Å². The number of carbonyl (C=O) groups is 1. The first-order chi connectivity index (χ1) is 12.6. The second-order valence-corrected chi connectivity index (χ2v) is 5.70. The Labute approximate surface area is 147 Å². The number of rotatable bonds is 3. The molecule has 0 bridgehead atoms. The zero-order chi connectivity index (χ0) is 18.4. The molecule has 4 rings (SSSR count). The summed E-state index contributed by atoms with van der Waals surface area (Å²) in [5.41, 5.74) is 0.211. The quantitative estimate of drug-likeness (QED) is 0.373. The van der Waals surface area contributed by atoms with E-state index in [4.69, 9.17) is 18.9 Å². The van der Waals surface area contributed by atoms with Gasteiger partial charge in [0.25, 0.3) is 0 Å². The number of benzene rings is 3. The van der Waals surface area contributed by atoms with Gasteiger partial charge < -0.3 is 18.9 Å². The molecule has 0 spiro atoms. The van der Waals surface area contributed by atoms with Gasteiger partial charge in [-0.25, -0.2) is 4.79 Å². The number of quaternary nitrogens is 1. The molecule has 0 atom stereocenters. The van der Waals surface area contributed by atoms with Crippen LogP contribution in [0.15, 0.2) is 30.3 Å². The topological polar surface area (TPSA) is 98.9 Å². The van der Waals surface area contributed by atoms with Crippen LogP contribution in [-0.4, -0.2) is 37.4 Å². The van der Waals surface area contributed by atoms with Crippen LogP contribution < -0.4 is 19.4 Å². The van der Waals surface area contributed by atoms with Crippen molar-refractivity contribution in [3.05, 3.63) is 35.9 Å². The van der Waals surface area contributed by atoms with Crippen molar-refractivity contribution >= 4 is 33.2 Å². The molecule has 0 fully saturated rings. The summed E-state index contributed by atoms with van der Waals surface area (Å²) in [6.07, 6.45) is 0. The molecular formula is C18H16NO7+. The van der Waals surface area contributed by atoms with E-state index in [1.807, 2.05) is 6.07 Å². The summed E-state index contributed by atoms with van der Waals surface area (Å²) in [4.78, 5) is 12.3. The first kappa shape index (κ1) is 16.4. The van der Waals surface area contributed by atoms with Crippen LogP contribution in [0.5, 0.6) is 17.2 Å². The van der Waals surface area contributed by atoms with Crippen molar-refractivity contribution < 1.29 is 39.4 Å². The number of hydrogen-bond donors (Lipinski definition) is 3. The summed E-state index contributed by atoms with van der Waals surface area (Å²) >= 11 is 0. The van der Waals surface area contributed by atoms with E-state index in [0.29, 0.717) is 33.4 Å². The van der Waals surface area contributed by atoms with E-state index in [1.54, 1.807) is 18.2 Å². The lowest BCUT2D eigenvalue weighted by molar-refractivity contribution is -1.19. The predicted octanol–water partition coefficient (Wildman–Crippen LogP) is 1.81. The maximum absolute atomic E-state index is 12.3. The molecule has 0 saturated heterocycles. The van der Waals surface area contributed by atoms with E-state index >= 15 is 0 Å². The first-order valence-corrected chi connectivity index (χ1v) is 7.76. The zero-order valence-corrected chi connectivity index (χ0v) is 14.0. The highest BCUT2D eigenvalue weighted by Gasteiger charge is 2.30. The van der Waals surface area contributed by atoms with Crippen molar-refractivity contribution in [2.75, 3.05) is 21.0 Å². The third kappa shape index (κ3) is 2.24. The highest BCUT2D eigenvalue weighted by Crippen LogP contribution is 2.47. The van der Waals surface area contributed by atoms with Crippen molar-refractivity contribution in [2.45, 2.75) is 0 Å². The summed E-state index contributed by atoms with van der Waals surface area (Å²) in [5.74, 6) is 0.728. The Balaban J connectivity index is 2.28. The molecule has 0 saturated carbocycles. The molecule has 3 N–H and O–H groups in total. The second-order valence-electron chi connectivity index (χ2n) is 5.70. The normalized spacial score (nSPS) is 12.8. The minimum Gasteiger partial charge on any atom is -0.496 e. The summed E-state index contributed by atoms with van der Waals surface area (Å²) in [7, 11) is 2.78. The zero-order valence-electron chi connectivity index (χ0n) is 14.0. The maximum Gasteiger partial charge on any atom is 0.338 e.